The lowest BCUT2D eigenvalue weighted by Crippen LogP contribution is -2.52. The van der Waals surface area contributed by atoms with Crippen LogP contribution in [-0.4, -0.2) is 85.2 Å². The van der Waals surface area contributed by atoms with E-state index in [-0.39, 0.29) is 37.6 Å². The zero-order chi connectivity index (χ0) is 22.1. The van der Waals surface area contributed by atoms with Gasteiger partial charge in [-0.3, -0.25) is 9.59 Å². The topological polar surface area (TPSA) is 119 Å². The summed E-state index contributed by atoms with van der Waals surface area (Å²) in [6.45, 7) is 5.47. The number of amides is 2. The Balaban J connectivity index is 2.88. The third kappa shape index (κ3) is 6.20. The van der Waals surface area contributed by atoms with Gasteiger partial charge >= 0.3 is 0 Å². The van der Waals surface area contributed by atoms with Crippen LogP contribution < -0.4 is 5.32 Å². The van der Waals surface area contributed by atoms with Crippen LogP contribution in [0.1, 0.15) is 12.8 Å². The minimum atomic E-state index is -1.25. The second-order valence-corrected chi connectivity index (χ2v) is 7.44. The summed E-state index contributed by atoms with van der Waals surface area (Å²) in [5.74, 6) is -1.48. The molecule has 1 aliphatic rings. The lowest BCUT2D eigenvalue weighted by atomic mass is 9.85. The zero-order valence-electron chi connectivity index (χ0n) is 16.8. The van der Waals surface area contributed by atoms with Gasteiger partial charge in [0.15, 0.2) is 0 Å². The third-order valence-corrected chi connectivity index (χ3v) is 5.25. The Hall–Kier alpha value is -2.07. The van der Waals surface area contributed by atoms with Gasteiger partial charge < -0.3 is 30.3 Å². The molecule has 0 aromatic heterocycles. The van der Waals surface area contributed by atoms with Crippen LogP contribution >= 0.6 is 0 Å². The fraction of sp³-hybridized carbons (Fsp3) is 0.600. The molecule has 2 amide bonds. The van der Waals surface area contributed by atoms with E-state index in [0.29, 0.717) is 13.0 Å². The number of allylic oxidation sites excluding steroid dienone is 3. The number of nitrogens with zero attached hydrogens (tertiary/aromatic N) is 1. The fourth-order valence-corrected chi connectivity index (χ4v) is 3.17. The first kappa shape index (κ1) is 25.0. The summed E-state index contributed by atoms with van der Waals surface area (Å²) in [5, 5.41) is 30.9. The van der Waals surface area contributed by atoms with E-state index in [0.717, 1.165) is 0 Å². The fourth-order valence-electron chi connectivity index (χ4n) is 3.17. The molecule has 9 heteroatoms. The molecular weight excluding hydrogens is 383 g/mol. The average Bonchev–Trinajstić information content (AvgIpc) is 3.14. The first-order valence-electron chi connectivity index (χ1n) is 9.27. The van der Waals surface area contributed by atoms with Crippen molar-refractivity contribution < 1.29 is 34.0 Å². The van der Waals surface area contributed by atoms with Gasteiger partial charge in [-0.05, 0) is 12.0 Å². The van der Waals surface area contributed by atoms with Crippen molar-refractivity contribution in [3.8, 4) is 0 Å². The summed E-state index contributed by atoms with van der Waals surface area (Å²) in [7, 11) is 1.44. The molecule has 0 radical (unpaired) electrons. The highest BCUT2D eigenvalue weighted by atomic mass is 19.1. The van der Waals surface area contributed by atoms with Crippen molar-refractivity contribution in [2.45, 2.75) is 12.8 Å². The van der Waals surface area contributed by atoms with E-state index < -0.39 is 42.4 Å². The van der Waals surface area contributed by atoms with E-state index >= 15 is 0 Å². The number of rotatable bonds is 12. The molecule has 29 heavy (non-hydrogen) atoms. The zero-order valence-corrected chi connectivity index (χ0v) is 16.8. The van der Waals surface area contributed by atoms with Gasteiger partial charge in [-0.2, -0.15) is 0 Å². The molecule has 0 saturated carbocycles. The molecule has 4 N–H and O–H groups in total. The van der Waals surface area contributed by atoms with Crippen LogP contribution in [0.2, 0.25) is 0 Å². The number of methoxy groups -OCH3 is 1. The standard InChI is InChI=1S/C20H31FN2O6/c1-4-5-16(15(2)21)8-17(27)23-7-6-20(10-23,14-29-3)18(28)22-9-19(11-24,12-25)13-26/h4-5,24-26H,1-2,6-14H2,3H3,(H,22,28)/b16-5-. The number of hydrogen-bond acceptors (Lipinski definition) is 6. The highest BCUT2D eigenvalue weighted by molar-refractivity contribution is 5.86. The van der Waals surface area contributed by atoms with E-state index in [1.165, 1.54) is 24.2 Å². The quantitative estimate of drug-likeness (QED) is 0.332. The molecule has 164 valence electrons. The number of likely N-dealkylation sites (tertiary alicyclic amines) is 1. The maximum atomic E-state index is 13.5. The van der Waals surface area contributed by atoms with Crippen molar-refractivity contribution in [2.75, 3.05) is 53.2 Å². The monoisotopic (exact) mass is 414 g/mol. The highest BCUT2D eigenvalue weighted by Gasteiger charge is 2.46. The SMILES string of the molecule is C=C/C=C(/CC(=O)N1CCC(COC)(C(=O)NCC(CO)(CO)CO)C1)C(=C)F. The predicted octanol–water partition coefficient (Wildman–Crippen LogP) is -0.0833. The summed E-state index contributed by atoms with van der Waals surface area (Å²) in [6, 6.07) is 0. The van der Waals surface area contributed by atoms with Crippen LogP contribution in [0.25, 0.3) is 0 Å². The van der Waals surface area contributed by atoms with E-state index in [1.54, 1.807) is 0 Å². The number of ether oxygens (including phenoxy) is 1. The van der Waals surface area contributed by atoms with Crippen LogP contribution in [0.15, 0.2) is 36.7 Å². The summed E-state index contributed by atoms with van der Waals surface area (Å²) >= 11 is 0. The normalized spacial score (nSPS) is 19.9. The van der Waals surface area contributed by atoms with Gasteiger partial charge in [0, 0.05) is 26.7 Å². The van der Waals surface area contributed by atoms with Gasteiger partial charge in [0.1, 0.15) is 5.83 Å². The van der Waals surface area contributed by atoms with Gasteiger partial charge in [0.25, 0.3) is 0 Å². The Morgan fingerprint density at radius 2 is 1.93 bits per heavy atom. The van der Waals surface area contributed by atoms with Gasteiger partial charge in [0.05, 0.1) is 43.7 Å². The third-order valence-electron chi connectivity index (χ3n) is 5.25. The van der Waals surface area contributed by atoms with E-state index in [1.807, 2.05) is 0 Å². The first-order valence-corrected chi connectivity index (χ1v) is 9.27. The molecule has 0 bridgehead atoms. The summed E-state index contributed by atoms with van der Waals surface area (Å²) in [6.07, 6.45) is 2.88. The Kier molecular flexibility index (Phi) is 9.64. The second kappa shape index (κ2) is 11.2. The molecule has 1 atom stereocenters. The van der Waals surface area contributed by atoms with Gasteiger partial charge in [-0.15, -0.1) is 0 Å². The summed E-state index contributed by atoms with van der Waals surface area (Å²) in [4.78, 5) is 26.9. The average molecular weight is 414 g/mol. The maximum Gasteiger partial charge on any atom is 0.230 e. The smallest absolute Gasteiger partial charge is 0.230 e. The molecule has 1 saturated heterocycles. The van der Waals surface area contributed by atoms with Crippen molar-refractivity contribution in [1.29, 1.82) is 0 Å². The number of carbonyl (C=O) groups excluding carboxylic acids is 2. The molecule has 1 unspecified atom stereocenters. The number of aliphatic hydroxyl groups excluding tert-OH is 3. The Morgan fingerprint density at radius 3 is 2.41 bits per heavy atom. The lowest BCUT2D eigenvalue weighted by molar-refractivity contribution is -0.136. The van der Waals surface area contributed by atoms with E-state index in [2.05, 4.69) is 18.5 Å². The van der Waals surface area contributed by atoms with Crippen LogP contribution in [0.4, 0.5) is 4.39 Å². The summed E-state index contributed by atoms with van der Waals surface area (Å²) < 4.78 is 18.7. The lowest BCUT2D eigenvalue weighted by Gasteiger charge is -2.32. The van der Waals surface area contributed by atoms with Gasteiger partial charge in [-0.1, -0.05) is 25.3 Å². The molecule has 0 spiro atoms. The minimum absolute atomic E-state index is 0.0537. The van der Waals surface area contributed by atoms with Crippen molar-refractivity contribution >= 4 is 11.8 Å². The van der Waals surface area contributed by atoms with Gasteiger partial charge in [-0.25, -0.2) is 4.39 Å². The molecule has 8 nitrogen and oxygen atoms in total. The number of halogens is 1. The number of hydrogen-bond donors (Lipinski definition) is 4. The molecule has 1 fully saturated rings. The maximum absolute atomic E-state index is 13.5. The molecule has 1 aliphatic heterocycles. The number of aliphatic hydroxyl groups is 3. The number of nitrogens with one attached hydrogen (secondary N) is 1. The number of carbonyl (C=O) groups is 2. The molecule has 0 aromatic carbocycles. The van der Waals surface area contributed by atoms with Crippen LogP contribution in [0, 0.1) is 10.8 Å². The highest BCUT2D eigenvalue weighted by Crippen LogP contribution is 2.32. The van der Waals surface area contributed by atoms with Crippen molar-refractivity contribution in [3.05, 3.63) is 36.7 Å². The second-order valence-electron chi connectivity index (χ2n) is 7.44. The Labute approximate surface area is 170 Å². The van der Waals surface area contributed by atoms with Crippen LogP contribution in [0.5, 0.6) is 0 Å². The van der Waals surface area contributed by atoms with Crippen LogP contribution in [0.3, 0.4) is 0 Å². The van der Waals surface area contributed by atoms with Gasteiger partial charge in [0.2, 0.25) is 11.8 Å². The first-order chi connectivity index (χ1) is 13.7. The molecule has 1 heterocycles. The van der Waals surface area contributed by atoms with E-state index in [9.17, 15) is 29.3 Å². The molecule has 0 aliphatic carbocycles. The molecule has 1 rings (SSSR count). The Bertz CT molecular complexity index is 639. The summed E-state index contributed by atoms with van der Waals surface area (Å²) in [5.41, 5.74) is -2.15. The minimum Gasteiger partial charge on any atom is -0.396 e. The van der Waals surface area contributed by atoms with Crippen molar-refractivity contribution in [3.63, 3.8) is 0 Å². The largest absolute Gasteiger partial charge is 0.396 e. The Morgan fingerprint density at radius 1 is 1.31 bits per heavy atom. The van der Waals surface area contributed by atoms with E-state index in [4.69, 9.17) is 4.74 Å². The molecule has 0 aromatic rings. The molecular formula is C20H31FN2O6. The predicted molar refractivity (Wildman–Crippen MR) is 105 cm³/mol. The van der Waals surface area contributed by atoms with Crippen LogP contribution in [-0.2, 0) is 14.3 Å². The van der Waals surface area contributed by atoms with Crippen molar-refractivity contribution in [1.82, 2.24) is 10.2 Å². The van der Waals surface area contributed by atoms with Crippen molar-refractivity contribution in [2.24, 2.45) is 10.8 Å².